The van der Waals surface area contributed by atoms with Crippen LogP contribution in [0.4, 0.5) is 4.79 Å². The third-order valence-electron chi connectivity index (χ3n) is 1.38. The zero-order valence-electron chi connectivity index (χ0n) is 9.57. The van der Waals surface area contributed by atoms with Crippen LogP contribution in [0.5, 0.6) is 0 Å². The van der Waals surface area contributed by atoms with Gasteiger partial charge in [0.15, 0.2) is 0 Å². The number of ether oxygens (including phenoxy) is 1. The van der Waals surface area contributed by atoms with Gasteiger partial charge in [0.1, 0.15) is 5.60 Å². The zero-order chi connectivity index (χ0) is 12.1. The molecule has 0 heterocycles. The maximum atomic E-state index is 11.3. The molecule has 2 atom stereocenters. The Morgan fingerprint density at radius 2 is 2.07 bits per heavy atom. The molecule has 0 aromatic heterocycles. The van der Waals surface area contributed by atoms with Crippen LogP contribution in [0.15, 0.2) is 0 Å². The lowest BCUT2D eigenvalue weighted by Crippen LogP contribution is -2.42. The lowest BCUT2D eigenvalue weighted by atomic mass is 10.2. The van der Waals surface area contributed by atoms with E-state index in [1.54, 1.807) is 27.0 Å². The van der Waals surface area contributed by atoms with Crippen LogP contribution in [0, 0.1) is 0 Å². The summed E-state index contributed by atoms with van der Waals surface area (Å²) in [6.07, 6.45) is 1.10. The Morgan fingerprint density at radius 1 is 1.53 bits per heavy atom. The van der Waals surface area contributed by atoms with E-state index in [-0.39, 0.29) is 6.04 Å². The fourth-order valence-electron chi connectivity index (χ4n) is 0.898. The summed E-state index contributed by atoms with van der Waals surface area (Å²) >= 11 is 4.07. The number of rotatable bonds is 4. The molecule has 0 aromatic carbocycles. The van der Waals surface area contributed by atoms with Gasteiger partial charge in [-0.2, -0.15) is 12.6 Å². The highest BCUT2D eigenvalue weighted by molar-refractivity contribution is 7.84. The number of alkyl carbamates (subject to hydrolysis) is 1. The van der Waals surface area contributed by atoms with E-state index in [0.29, 0.717) is 11.5 Å². The van der Waals surface area contributed by atoms with Crippen LogP contribution < -0.4 is 5.32 Å². The molecule has 15 heavy (non-hydrogen) atoms. The molecular formula is C9H19NO3S2. The molecule has 6 heteroatoms. The topological polar surface area (TPSA) is 55.4 Å². The molecule has 0 bridgehead atoms. The molecule has 0 rings (SSSR count). The molecule has 1 unspecified atom stereocenters. The highest BCUT2D eigenvalue weighted by Gasteiger charge is 2.19. The molecule has 0 saturated heterocycles. The highest BCUT2D eigenvalue weighted by atomic mass is 32.2. The van der Waals surface area contributed by atoms with E-state index in [1.165, 1.54) is 0 Å². The average molecular weight is 253 g/mol. The summed E-state index contributed by atoms with van der Waals surface area (Å²) in [6, 6.07) is -0.214. The second-order valence-electron chi connectivity index (χ2n) is 4.27. The minimum Gasteiger partial charge on any atom is -0.444 e. The maximum absolute atomic E-state index is 11.3. The number of hydrogen-bond donors (Lipinski definition) is 2. The summed E-state index contributed by atoms with van der Waals surface area (Å²) in [6.45, 7) is 5.38. The normalized spacial score (nSPS) is 15.5. The fraction of sp³-hybridized carbons (Fsp3) is 0.889. The van der Waals surface area contributed by atoms with Gasteiger partial charge in [0.05, 0.1) is 6.04 Å². The predicted octanol–water partition coefficient (Wildman–Crippen LogP) is 1.19. The Labute approximate surface area is 99.0 Å². The molecule has 0 spiro atoms. The Balaban J connectivity index is 4.07. The SMILES string of the molecule is CS(=O)C[C@@H](CS)NC(=O)OC(C)(C)C. The smallest absolute Gasteiger partial charge is 0.407 e. The second-order valence-corrected chi connectivity index (χ2v) is 6.11. The van der Waals surface area contributed by atoms with Gasteiger partial charge in [0.2, 0.25) is 0 Å². The van der Waals surface area contributed by atoms with Crippen LogP contribution in [0.3, 0.4) is 0 Å². The third kappa shape index (κ3) is 8.74. The van der Waals surface area contributed by atoms with Crippen molar-refractivity contribution in [2.45, 2.75) is 32.4 Å². The van der Waals surface area contributed by atoms with Gasteiger partial charge in [-0.25, -0.2) is 4.79 Å². The maximum Gasteiger partial charge on any atom is 0.407 e. The quantitative estimate of drug-likeness (QED) is 0.740. The molecule has 0 radical (unpaired) electrons. The van der Waals surface area contributed by atoms with Gasteiger partial charge >= 0.3 is 6.09 Å². The molecule has 0 aliphatic heterocycles. The van der Waals surface area contributed by atoms with Crippen molar-refractivity contribution in [3.05, 3.63) is 0 Å². The average Bonchev–Trinajstić information content (AvgIpc) is 1.98. The number of nitrogens with one attached hydrogen (secondary N) is 1. The minimum absolute atomic E-state index is 0.214. The molecule has 1 amide bonds. The van der Waals surface area contributed by atoms with Gasteiger partial charge < -0.3 is 10.1 Å². The number of thiol groups is 1. The van der Waals surface area contributed by atoms with E-state index in [1.807, 2.05) is 0 Å². The molecule has 0 aliphatic carbocycles. The van der Waals surface area contributed by atoms with E-state index in [4.69, 9.17) is 4.74 Å². The van der Waals surface area contributed by atoms with Crippen LogP contribution >= 0.6 is 12.6 Å². The van der Waals surface area contributed by atoms with Crippen molar-refractivity contribution in [1.29, 1.82) is 0 Å². The van der Waals surface area contributed by atoms with Crippen LogP contribution in [0.25, 0.3) is 0 Å². The first-order chi connectivity index (χ1) is 6.74. The largest absolute Gasteiger partial charge is 0.444 e. The zero-order valence-corrected chi connectivity index (χ0v) is 11.3. The molecule has 0 fully saturated rings. The molecule has 90 valence electrons. The van der Waals surface area contributed by atoms with E-state index in [0.717, 1.165) is 0 Å². The minimum atomic E-state index is -0.954. The van der Waals surface area contributed by atoms with Crippen molar-refractivity contribution in [2.75, 3.05) is 17.8 Å². The molecule has 0 saturated carbocycles. The highest BCUT2D eigenvalue weighted by Crippen LogP contribution is 2.07. The Morgan fingerprint density at radius 3 is 2.40 bits per heavy atom. The first-order valence-corrected chi connectivity index (χ1v) is 7.01. The van der Waals surface area contributed by atoms with Crippen molar-refractivity contribution >= 4 is 29.5 Å². The third-order valence-corrected chi connectivity index (χ3v) is 2.69. The number of hydrogen-bond acceptors (Lipinski definition) is 4. The van der Waals surface area contributed by atoms with Gasteiger partial charge in [-0.05, 0) is 20.8 Å². The summed E-state index contributed by atoms with van der Waals surface area (Å²) in [4.78, 5) is 11.3. The van der Waals surface area contributed by atoms with Gasteiger partial charge in [0, 0.05) is 28.6 Å². The predicted molar refractivity (Wildman–Crippen MR) is 65.9 cm³/mol. The number of amides is 1. The molecular weight excluding hydrogens is 234 g/mol. The first kappa shape index (κ1) is 14.8. The van der Waals surface area contributed by atoms with E-state index < -0.39 is 22.5 Å². The second kappa shape index (κ2) is 6.37. The van der Waals surface area contributed by atoms with Crippen LogP contribution in [-0.4, -0.2) is 39.7 Å². The van der Waals surface area contributed by atoms with Crippen LogP contribution in [0.1, 0.15) is 20.8 Å². The van der Waals surface area contributed by atoms with E-state index >= 15 is 0 Å². The Hall–Kier alpha value is -0.230. The fourth-order valence-corrected chi connectivity index (χ4v) is 2.06. The first-order valence-electron chi connectivity index (χ1n) is 4.65. The summed E-state index contributed by atoms with van der Waals surface area (Å²) in [7, 11) is -0.954. The lowest BCUT2D eigenvalue weighted by molar-refractivity contribution is 0.0514. The van der Waals surface area contributed by atoms with Gasteiger partial charge in [-0.3, -0.25) is 4.21 Å². The summed E-state index contributed by atoms with van der Waals surface area (Å²) in [5, 5.41) is 2.62. The number of carbonyl (C=O) groups excluding carboxylic acids is 1. The van der Waals surface area contributed by atoms with E-state index in [9.17, 15) is 9.00 Å². The Kier molecular flexibility index (Phi) is 6.28. The Bertz CT molecular complexity index is 238. The van der Waals surface area contributed by atoms with Crippen molar-refractivity contribution in [2.24, 2.45) is 0 Å². The molecule has 1 N–H and O–H groups in total. The van der Waals surface area contributed by atoms with Crippen LogP contribution in [-0.2, 0) is 15.5 Å². The number of carbonyl (C=O) groups is 1. The standard InChI is InChI=1S/C9H19NO3S2/c1-9(2,3)13-8(11)10-7(5-14)6-15(4)12/h7,14H,5-6H2,1-4H3,(H,10,11)/t7-,15?/m1/s1. The molecule has 4 nitrogen and oxygen atoms in total. The lowest BCUT2D eigenvalue weighted by Gasteiger charge is -2.22. The van der Waals surface area contributed by atoms with Crippen molar-refractivity contribution < 1.29 is 13.7 Å². The molecule has 0 aliphatic rings. The van der Waals surface area contributed by atoms with Gasteiger partial charge in [-0.1, -0.05) is 0 Å². The summed E-state index contributed by atoms with van der Waals surface area (Å²) in [5.41, 5.74) is -0.517. The van der Waals surface area contributed by atoms with Gasteiger partial charge in [-0.15, -0.1) is 0 Å². The van der Waals surface area contributed by atoms with Crippen molar-refractivity contribution in [3.63, 3.8) is 0 Å². The summed E-state index contributed by atoms with van der Waals surface area (Å²) < 4.78 is 16.0. The van der Waals surface area contributed by atoms with Crippen LogP contribution in [0.2, 0.25) is 0 Å². The molecule has 0 aromatic rings. The van der Waals surface area contributed by atoms with Gasteiger partial charge in [0.25, 0.3) is 0 Å². The monoisotopic (exact) mass is 253 g/mol. The summed E-state index contributed by atoms with van der Waals surface area (Å²) in [5.74, 6) is 0.835. The van der Waals surface area contributed by atoms with E-state index in [2.05, 4.69) is 17.9 Å². The van der Waals surface area contributed by atoms with Crippen molar-refractivity contribution in [3.8, 4) is 0 Å². The van der Waals surface area contributed by atoms with Crippen molar-refractivity contribution in [1.82, 2.24) is 5.32 Å².